The molecule has 2 aromatic carbocycles. The number of rotatable bonds is 3. The Labute approximate surface area is 177 Å². The highest BCUT2D eigenvalue weighted by atomic mass is 16.5. The molecule has 2 heteroatoms. The lowest BCUT2D eigenvalue weighted by Gasteiger charge is -2.42. The van der Waals surface area contributed by atoms with E-state index in [1.807, 2.05) is 0 Å². The van der Waals surface area contributed by atoms with Crippen LogP contribution in [0.3, 0.4) is 0 Å². The van der Waals surface area contributed by atoms with Crippen molar-refractivity contribution in [2.45, 2.75) is 78.4 Å². The molecule has 0 saturated carbocycles. The Morgan fingerprint density at radius 3 is 2.55 bits per heavy atom. The molecular formula is C27H37NO. The molecule has 156 valence electrons. The average Bonchev–Trinajstić information content (AvgIpc) is 3.09. The molecule has 29 heavy (non-hydrogen) atoms. The third-order valence-electron chi connectivity index (χ3n) is 7.63. The van der Waals surface area contributed by atoms with Crippen LogP contribution in [0.4, 0.5) is 0 Å². The highest BCUT2D eigenvalue weighted by Gasteiger charge is 2.45. The SMILES string of the molecule is Cc1cc(C)c(C)c(C2COC3(CCCN(C(C)c4ccc(C)c(C)c4)C3)C2)c1. The van der Waals surface area contributed by atoms with Gasteiger partial charge in [0.2, 0.25) is 0 Å². The van der Waals surface area contributed by atoms with E-state index in [4.69, 9.17) is 4.74 Å². The molecule has 2 fully saturated rings. The summed E-state index contributed by atoms with van der Waals surface area (Å²) in [6.45, 7) is 16.6. The molecule has 4 rings (SSSR count). The van der Waals surface area contributed by atoms with Crippen molar-refractivity contribution in [1.29, 1.82) is 0 Å². The number of nitrogens with zero attached hydrogens (tertiary/aromatic N) is 1. The van der Waals surface area contributed by atoms with E-state index in [1.165, 1.54) is 58.3 Å². The molecule has 2 heterocycles. The first-order valence-electron chi connectivity index (χ1n) is 11.3. The standard InChI is InChI=1S/C27H37NO/c1-18-12-21(4)22(5)26(13-18)25-15-27(29-16-25)10-7-11-28(17-27)23(6)24-9-8-19(2)20(3)14-24/h8-9,12-14,23,25H,7,10-11,15-17H2,1-6H3. The zero-order valence-electron chi connectivity index (χ0n) is 19.1. The lowest BCUT2D eigenvalue weighted by atomic mass is 9.81. The van der Waals surface area contributed by atoms with Crippen molar-refractivity contribution < 1.29 is 4.74 Å². The summed E-state index contributed by atoms with van der Waals surface area (Å²) in [7, 11) is 0. The van der Waals surface area contributed by atoms with Gasteiger partial charge in [0.25, 0.3) is 0 Å². The molecule has 3 atom stereocenters. The van der Waals surface area contributed by atoms with Crippen molar-refractivity contribution in [3.05, 3.63) is 69.3 Å². The maximum absolute atomic E-state index is 6.60. The fraction of sp³-hybridized carbons (Fsp3) is 0.556. The number of ether oxygens (including phenoxy) is 1. The summed E-state index contributed by atoms with van der Waals surface area (Å²) < 4.78 is 6.60. The number of aryl methyl sites for hydroxylation is 4. The summed E-state index contributed by atoms with van der Waals surface area (Å²) in [6, 6.07) is 12.1. The first-order chi connectivity index (χ1) is 13.8. The first-order valence-corrected chi connectivity index (χ1v) is 11.3. The van der Waals surface area contributed by atoms with E-state index in [-0.39, 0.29) is 5.60 Å². The lowest BCUT2D eigenvalue weighted by molar-refractivity contribution is -0.0605. The Balaban J connectivity index is 1.52. The minimum atomic E-state index is 0.0288. The average molecular weight is 392 g/mol. The summed E-state index contributed by atoms with van der Waals surface area (Å²) in [5.41, 5.74) is 9.99. The van der Waals surface area contributed by atoms with Gasteiger partial charge in [-0.05, 0) is 101 Å². The van der Waals surface area contributed by atoms with Crippen LogP contribution in [0.15, 0.2) is 30.3 Å². The lowest BCUT2D eigenvalue weighted by Crippen LogP contribution is -2.48. The first kappa shape index (κ1) is 20.6. The highest BCUT2D eigenvalue weighted by Crippen LogP contribution is 2.44. The van der Waals surface area contributed by atoms with Gasteiger partial charge in [-0.2, -0.15) is 0 Å². The molecule has 0 amide bonds. The van der Waals surface area contributed by atoms with Crippen molar-refractivity contribution in [2.75, 3.05) is 19.7 Å². The molecule has 2 nitrogen and oxygen atoms in total. The molecule has 0 radical (unpaired) electrons. The van der Waals surface area contributed by atoms with E-state index in [1.54, 1.807) is 0 Å². The van der Waals surface area contributed by atoms with Crippen LogP contribution >= 0.6 is 0 Å². The minimum Gasteiger partial charge on any atom is -0.373 e. The van der Waals surface area contributed by atoms with E-state index in [0.29, 0.717) is 12.0 Å². The molecule has 2 aliphatic rings. The van der Waals surface area contributed by atoms with Gasteiger partial charge in [0.05, 0.1) is 12.2 Å². The van der Waals surface area contributed by atoms with Crippen molar-refractivity contribution >= 4 is 0 Å². The summed E-state index contributed by atoms with van der Waals surface area (Å²) in [5, 5.41) is 0. The summed E-state index contributed by atoms with van der Waals surface area (Å²) in [6.07, 6.45) is 3.59. The van der Waals surface area contributed by atoms with E-state index in [0.717, 1.165) is 19.6 Å². The molecule has 0 N–H and O–H groups in total. The second-order valence-corrected chi connectivity index (χ2v) is 9.78. The largest absolute Gasteiger partial charge is 0.373 e. The van der Waals surface area contributed by atoms with Crippen molar-refractivity contribution in [3.8, 4) is 0 Å². The fourth-order valence-electron chi connectivity index (χ4n) is 5.52. The number of hydrogen-bond donors (Lipinski definition) is 0. The number of benzene rings is 2. The molecule has 0 aromatic heterocycles. The Hall–Kier alpha value is -1.64. The highest BCUT2D eigenvalue weighted by molar-refractivity contribution is 5.40. The predicted molar refractivity (Wildman–Crippen MR) is 122 cm³/mol. The van der Waals surface area contributed by atoms with Gasteiger partial charge >= 0.3 is 0 Å². The van der Waals surface area contributed by atoms with Crippen LogP contribution in [0.1, 0.15) is 77.1 Å². The van der Waals surface area contributed by atoms with Crippen molar-refractivity contribution in [3.63, 3.8) is 0 Å². The van der Waals surface area contributed by atoms with Gasteiger partial charge in [0.1, 0.15) is 0 Å². The van der Waals surface area contributed by atoms with Crippen molar-refractivity contribution in [1.82, 2.24) is 4.90 Å². The molecule has 2 aliphatic heterocycles. The second kappa shape index (κ2) is 7.89. The molecule has 1 spiro atoms. The maximum atomic E-state index is 6.60. The Kier molecular flexibility index (Phi) is 5.61. The predicted octanol–water partition coefficient (Wildman–Crippen LogP) is 6.33. The van der Waals surface area contributed by atoms with Crippen molar-refractivity contribution in [2.24, 2.45) is 0 Å². The van der Waals surface area contributed by atoms with E-state index < -0.39 is 0 Å². The maximum Gasteiger partial charge on any atom is 0.0816 e. The van der Waals surface area contributed by atoms with Gasteiger partial charge in [0.15, 0.2) is 0 Å². The zero-order valence-corrected chi connectivity index (χ0v) is 19.1. The fourth-order valence-corrected chi connectivity index (χ4v) is 5.52. The third kappa shape index (κ3) is 4.02. The van der Waals surface area contributed by atoms with E-state index in [9.17, 15) is 0 Å². The van der Waals surface area contributed by atoms with Crippen LogP contribution in [0.2, 0.25) is 0 Å². The topological polar surface area (TPSA) is 12.5 Å². The van der Waals surface area contributed by atoms with Gasteiger partial charge in [-0.15, -0.1) is 0 Å². The third-order valence-corrected chi connectivity index (χ3v) is 7.63. The van der Waals surface area contributed by atoms with E-state index in [2.05, 4.69) is 76.8 Å². The van der Waals surface area contributed by atoms with Gasteiger partial charge in [-0.25, -0.2) is 0 Å². The summed E-state index contributed by atoms with van der Waals surface area (Å²) in [4.78, 5) is 2.66. The molecule has 3 unspecified atom stereocenters. The van der Waals surface area contributed by atoms with Gasteiger partial charge in [-0.1, -0.05) is 35.9 Å². The molecule has 2 aromatic rings. The number of piperidine rings is 1. The zero-order chi connectivity index (χ0) is 20.8. The van der Waals surface area contributed by atoms with Gasteiger partial charge in [-0.3, -0.25) is 4.90 Å². The molecule has 2 saturated heterocycles. The Bertz CT molecular complexity index is 902. The van der Waals surface area contributed by atoms with Gasteiger partial charge < -0.3 is 4.74 Å². The monoisotopic (exact) mass is 391 g/mol. The quantitative estimate of drug-likeness (QED) is 0.606. The number of hydrogen-bond acceptors (Lipinski definition) is 2. The van der Waals surface area contributed by atoms with Crippen LogP contribution in [-0.4, -0.2) is 30.2 Å². The summed E-state index contributed by atoms with van der Waals surface area (Å²) in [5.74, 6) is 0.533. The minimum absolute atomic E-state index is 0.0288. The van der Waals surface area contributed by atoms with Crippen LogP contribution in [0, 0.1) is 34.6 Å². The van der Waals surface area contributed by atoms with Gasteiger partial charge in [0, 0.05) is 18.5 Å². The molecule has 0 bridgehead atoms. The van der Waals surface area contributed by atoms with Crippen LogP contribution < -0.4 is 0 Å². The smallest absolute Gasteiger partial charge is 0.0816 e. The van der Waals surface area contributed by atoms with Crippen LogP contribution in [0.5, 0.6) is 0 Å². The molecular weight excluding hydrogens is 354 g/mol. The normalized spacial score (nSPS) is 26.2. The molecule has 0 aliphatic carbocycles. The van der Waals surface area contributed by atoms with Crippen LogP contribution in [0.25, 0.3) is 0 Å². The summed E-state index contributed by atoms with van der Waals surface area (Å²) >= 11 is 0. The Morgan fingerprint density at radius 1 is 1.00 bits per heavy atom. The van der Waals surface area contributed by atoms with Crippen LogP contribution in [-0.2, 0) is 4.74 Å². The second-order valence-electron chi connectivity index (χ2n) is 9.78. The van der Waals surface area contributed by atoms with E-state index >= 15 is 0 Å². The number of likely N-dealkylation sites (tertiary alicyclic amines) is 1. The Morgan fingerprint density at radius 2 is 1.79 bits per heavy atom.